The van der Waals surface area contributed by atoms with Crippen LogP contribution in [0.5, 0.6) is 0 Å². The summed E-state index contributed by atoms with van der Waals surface area (Å²) in [6.07, 6.45) is 2.64. The Hall–Kier alpha value is -4.93. The SMILES string of the molecule is O=C(O)C(CCNc1nc(-c2cc(-c3ccon3)n(Cc3ccccc3F)n2)ncc1F)c1ccccc1. The maximum atomic E-state index is 14.5. The molecule has 5 rings (SSSR count). The highest BCUT2D eigenvalue weighted by molar-refractivity contribution is 5.76. The molecule has 5 aromatic rings. The van der Waals surface area contributed by atoms with Crippen molar-refractivity contribution in [3.8, 4) is 22.9 Å². The number of carboxylic acid groups (broad SMARTS) is 1. The molecule has 2 aromatic carbocycles. The summed E-state index contributed by atoms with van der Waals surface area (Å²) in [5.74, 6) is -2.75. The molecule has 0 saturated heterocycles. The van der Waals surface area contributed by atoms with Crippen LogP contribution in [0.2, 0.25) is 0 Å². The third-order valence-corrected chi connectivity index (χ3v) is 5.96. The number of hydrogen-bond donors (Lipinski definition) is 2. The van der Waals surface area contributed by atoms with Crippen molar-refractivity contribution in [1.82, 2.24) is 24.9 Å². The fourth-order valence-corrected chi connectivity index (χ4v) is 4.05. The normalized spacial score (nSPS) is 11.8. The number of halogens is 2. The van der Waals surface area contributed by atoms with Crippen LogP contribution in [0.25, 0.3) is 22.9 Å². The second-order valence-electron chi connectivity index (χ2n) is 8.46. The second kappa shape index (κ2) is 11.0. The first-order valence-corrected chi connectivity index (χ1v) is 11.8. The molecule has 0 radical (unpaired) electrons. The van der Waals surface area contributed by atoms with Crippen molar-refractivity contribution < 1.29 is 23.2 Å². The van der Waals surface area contributed by atoms with Crippen molar-refractivity contribution in [1.29, 1.82) is 0 Å². The molecule has 0 bridgehead atoms. The molecule has 1 atom stereocenters. The molecule has 3 heterocycles. The summed E-state index contributed by atoms with van der Waals surface area (Å²) in [6, 6.07) is 18.5. The molecule has 3 aromatic heterocycles. The lowest BCUT2D eigenvalue weighted by Crippen LogP contribution is -2.17. The van der Waals surface area contributed by atoms with Gasteiger partial charge in [0.05, 0.1) is 24.4 Å². The summed E-state index contributed by atoms with van der Waals surface area (Å²) in [5.41, 5.74) is 2.40. The lowest BCUT2D eigenvalue weighted by molar-refractivity contribution is -0.138. The van der Waals surface area contributed by atoms with Crippen LogP contribution in [0.15, 0.2) is 83.7 Å². The summed E-state index contributed by atoms with van der Waals surface area (Å²) < 4.78 is 35.4. The fourth-order valence-electron chi connectivity index (χ4n) is 4.05. The molecule has 1 unspecified atom stereocenters. The van der Waals surface area contributed by atoms with E-state index >= 15 is 0 Å². The van der Waals surface area contributed by atoms with E-state index in [0.717, 1.165) is 6.20 Å². The molecule has 38 heavy (non-hydrogen) atoms. The monoisotopic (exact) mass is 516 g/mol. The van der Waals surface area contributed by atoms with Gasteiger partial charge in [-0.1, -0.05) is 53.7 Å². The Balaban J connectivity index is 1.39. The van der Waals surface area contributed by atoms with Gasteiger partial charge in [0.2, 0.25) is 0 Å². The maximum absolute atomic E-state index is 14.5. The predicted octanol–water partition coefficient (Wildman–Crippen LogP) is 4.99. The van der Waals surface area contributed by atoms with Crippen molar-refractivity contribution >= 4 is 11.8 Å². The lowest BCUT2D eigenvalue weighted by Gasteiger charge is -2.14. The molecule has 192 valence electrons. The Morgan fingerprint density at radius 2 is 1.82 bits per heavy atom. The van der Waals surface area contributed by atoms with Gasteiger partial charge in [-0.15, -0.1) is 0 Å². The third-order valence-electron chi connectivity index (χ3n) is 5.96. The number of aliphatic carboxylic acids is 1. The molecule has 0 amide bonds. The summed E-state index contributed by atoms with van der Waals surface area (Å²) >= 11 is 0. The molecule has 0 fully saturated rings. The van der Waals surface area contributed by atoms with E-state index in [0.29, 0.717) is 28.2 Å². The number of nitrogens with one attached hydrogen (secondary N) is 1. The molecule has 2 N–H and O–H groups in total. The summed E-state index contributed by atoms with van der Waals surface area (Å²) in [5, 5.41) is 21.0. The van der Waals surface area contributed by atoms with E-state index in [-0.39, 0.29) is 37.0 Å². The Bertz CT molecular complexity index is 1540. The molecule has 0 aliphatic rings. The van der Waals surface area contributed by atoms with E-state index in [1.54, 1.807) is 59.3 Å². The van der Waals surface area contributed by atoms with Gasteiger partial charge >= 0.3 is 5.97 Å². The van der Waals surface area contributed by atoms with Crippen LogP contribution in [0.4, 0.5) is 14.6 Å². The zero-order valence-electron chi connectivity index (χ0n) is 20.0. The minimum Gasteiger partial charge on any atom is -0.481 e. The molecule has 0 aliphatic heterocycles. The van der Waals surface area contributed by atoms with Crippen molar-refractivity contribution in [3.05, 3.63) is 102 Å². The summed E-state index contributed by atoms with van der Waals surface area (Å²) in [6.45, 7) is 0.266. The molecule has 0 saturated carbocycles. The third kappa shape index (κ3) is 5.41. The number of carbonyl (C=O) groups is 1. The van der Waals surface area contributed by atoms with Gasteiger partial charge in [0.25, 0.3) is 0 Å². The van der Waals surface area contributed by atoms with Gasteiger partial charge in [-0.3, -0.25) is 9.48 Å². The molecule has 9 nitrogen and oxygen atoms in total. The Kier molecular flexibility index (Phi) is 7.16. The molecular formula is C27H22F2N6O3. The van der Waals surface area contributed by atoms with Crippen LogP contribution in [-0.4, -0.2) is 42.5 Å². The molecule has 0 spiro atoms. The highest BCUT2D eigenvalue weighted by atomic mass is 19.1. The van der Waals surface area contributed by atoms with Gasteiger partial charge in [-0.05, 0) is 24.1 Å². The Morgan fingerprint density at radius 1 is 1.03 bits per heavy atom. The van der Waals surface area contributed by atoms with E-state index in [1.165, 1.54) is 12.3 Å². The molecule has 11 heteroatoms. The molecular weight excluding hydrogens is 494 g/mol. The first-order valence-electron chi connectivity index (χ1n) is 11.8. The largest absolute Gasteiger partial charge is 0.481 e. The van der Waals surface area contributed by atoms with Crippen LogP contribution in [0.3, 0.4) is 0 Å². The topological polar surface area (TPSA) is 119 Å². The second-order valence-corrected chi connectivity index (χ2v) is 8.46. The van der Waals surface area contributed by atoms with Crippen LogP contribution < -0.4 is 5.32 Å². The minimum atomic E-state index is -0.970. The van der Waals surface area contributed by atoms with E-state index < -0.39 is 17.7 Å². The van der Waals surface area contributed by atoms with Gasteiger partial charge < -0.3 is 14.9 Å². The molecule has 0 aliphatic carbocycles. The quantitative estimate of drug-likeness (QED) is 0.266. The van der Waals surface area contributed by atoms with Crippen LogP contribution in [-0.2, 0) is 11.3 Å². The van der Waals surface area contributed by atoms with Crippen LogP contribution in [0, 0.1) is 11.6 Å². The van der Waals surface area contributed by atoms with Crippen molar-refractivity contribution in [2.45, 2.75) is 18.9 Å². The number of hydrogen-bond acceptors (Lipinski definition) is 7. The number of anilines is 1. The number of rotatable bonds is 10. The predicted molar refractivity (Wildman–Crippen MR) is 134 cm³/mol. The highest BCUT2D eigenvalue weighted by Gasteiger charge is 2.21. The van der Waals surface area contributed by atoms with Gasteiger partial charge in [0.15, 0.2) is 17.5 Å². The standard InChI is InChI=1S/C27H22F2N6O3/c28-20-9-5-4-8-18(20)16-35-24(22-11-13-38-34-22)14-23(33-35)26-31-15-21(29)25(32-26)30-12-10-19(27(36)37)17-6-2-1-3-7-17/h1-9,11,13-15,19H,10,12,16H2,(H,36,37)(H,30,31,32). The summed E-state index contributed by atoms with van der Waals surface area (Å²) in [4.78, 5) is 20.1. The van der Waals surface area contributed by atoms with Crippen LogP contribution >= 0.6 is 0 Å². The zero-order chi connectivity index (χ0) is 26.5. The van der Waals surface area contributed by atoms with E-state index in [1.807, 2.05) is 6.07 Å². The minimum absolute atomic E-state index is 0.0844. The van der Waals surface area contributed by atoms with Crippen molar-refractivity contribution in [3.63, 3.8) is 0 Å². The number of nitrogens with zero attached hydrogens (tertiary/aromatic N) is 5. The fraction of sp³-hybridized carbons (Fsp3) is 0.148. The maximum Gasteiger partial charge on any atom is 0.311 e. The average molecular weight is 517 g/mol. The lowest BCUT2D eigenvalue weighted by atomic mass is 9.96. The first kappa shape index (κ1) is 24.8. The zero-order valence-corrected chi connectivity index (χ0v) is 20.0. The van der Waals surface area contributed by atoms with Crippen LogP contribution in [0.1, 0.15) is 23.5 Å². The van der Waals surface area contributed by atoms with Gasteiger partial charge in [0, 0.05) is 18.2 Å². The Morgan fingerprint density at radius 3 is 2.55 bits per heavy atom. The first-order chi connectivity index (χ1) is 18.5. The van der Waals surface area contributed by atoms with Gasteiger partial charge in [-0.2, -0.15) is 5.10 Å². The number of carboxylic acids is 1. The van der Waals surface area contributed by atoms with Gasteiger partial charge in [0.1, 0.15) is 23.5 Å². The Labute approximate surface area is 215 Å². The van der Waals surface area contributed by atoms with E-state index in [2.05, 4.69) is 25.5 Å². The van der Waals surface area contributed by atoms with Gasteiger partial charge in [-0.25, -0.2) is 18.7 Å². The highest BCUT2D eigenvalue weighted by Crippen LogP contribution is 2.26. The van der Waals surface area contributed by atoms with Crippen molar-refractivity contribution in [2.75, 3.05) is 11.9 Å². The average Bonchev–Trinajstić information content (AvgIpc) is 3.60. The smallest absolute Gasteiger partial charge is 0.311 e. The van der Waals surface area contributed by atoms with Crippen molar-refractivity contribution in [2.24, 2.45) is 0 Å². The van der Waals surface area contributed by atoms with E-state index in [4.69, 9.17) is 4.52 Å². The number of aromatic nitrogens is 5. The number of benzene rings is 2. The van der Waals surface area contributed by atoms with E-state index in [9.17, 15) is 18.7 Å². The summed E-state index contributed by atoms with van der Waals surface area (Å²) in [7, 11) is 0.